The maximum absolute atomic E-state index is 13.6. The van der Waals surface area contributed by atoms with Gasteiger partial charge in [-0.1, -0.05) is 11.6 Å². The third kappa shape index (κ3) is 6.92. The van der Waals surface area contributed by atoms with E-state index < -0.39 is 5.92 Å². The topological polar surface area (TPSA) is 96.4 Å². The Labute approximate surface area is 242 Å². The van der Waals surface area contributed by atoms with Crippen LogP contribution in [0, 0.1) is 12.8 Å². The van der Waals surface area contributed by atoms with Gasteiger partial charge in [-0.05, 0) is 69.0 Å². The summed E-state index contributed by atoms with van der Waals surface area (Å²) in [5.41, 5.74) is 7.04. The molecule has 0 spiro atoms. The maximum atomic E-state index is 13.6. The zero-order valence-electron chi connectivity index (χ0n) is 24.6. The molecule has 218 valence electrons. The molecule has 0 radical (unpaired) electrons. The Morgan fingerprint density at radius 2 is 1.78 bits per heavy atom. The molecule has 41 heavy (non-hydrogen) atoms. The van der Waals surface area contributed by atoms with E-state index in [1.165, 1.54) is 0 Å². The zero-order chi connectivity index (χ0) is 28.9. The summed E-state index contributed by atoms with van der Waals surface area (Å²) in [4.78, 5) is 39.7. The van der Waals surface area contributed by atoms with Crippen LogP contribution in [0.1, 0.15) is 48.3 Å². The second-order valence-electron chi connectivity index (χ2n) is 11.3. The fourth-order valence-electron chi connectivity index (χ4n) is 5.86. The first-order valence-electron chi connectivity index (χ1n) is 14.6. The summed E-state index contributed by atoms with van der Waals surface area (Å²) in [6, 6.07) is 8.59. The summed E-state index contributed by atoms with van der Waals surface area (Å²) in [5.74, 6) is -0.857. The first-order chi connectivity index (χ1) is 19.8. The van der Waals surface area contributed by atoms with E-state index >= 15 is 0 Å². The molecule has 9 nitrogen and oxygen atoms in total. The van der Waals surface area contributed by atoms with Crippen LogP contribution in [0.4, 0.5) is 5.69 Å². The highest BCUT2D eigenvalue weighted by molar-refractivity contribution is 6.06. The average Bonchev–Trinajstić information content (AvgIpc) is 2.97. The van der Waals surface area contributed by atoms with Crippen molar-refractivity contribution in [2.24, 2.45) is 10.9 Å². The number of hydrogen-bond donors (Lipinski definition) is 1. The molecule has 2 amide bonds. The number of nitrogens with zero attached hydrogens (tertiary/aromatic N) is 4. The molecule has 0 saturated carbocycles. The monoisotopic (exact) mass is 559 g/mol. The number of aromatic nitrogens is 1. The molecule has 0 bridgehead atoms. The van der Waals surface area contributed by atoms with Crippen molar-refractivity contribution in [3.8, 4) is 11.1 Å². The van der Waals surface area contributed by atoms with Crippen molar-refractivity contribution in [1.29, 1.82) is 0 Å². The lowest BCUT2D eigenvalue weighted by Crippen LogP contribution is -2.38. The predicted octanol–water partition coefficient (Wildman–Crippen LogP) is 3.80. The number of anilines is 1. The van der Waals surface area contributed by atoms with Crippen molar-refractivity contribution in [2.75, 3.05) is 58.0 Å². The number of pyridine rings is 1. The minimum atomic E-state index is -0.446. The standard InChI is InChI=1S/C32H41N5O4/c1-21-15-22(2)35-32(39)29(21)19-34-31(38)28-16-25(17-30(23(28)3)36(4)27-7-11-40-12-8-27)24-5-6-26(33-18-24)20-37-9-13-41-14-10-37/h5-6,15-18,27,29H,7-14,19-20H2,1-4H3,(H,34,38). The highest BCUT2D eigenvalue weighted by atomic mass is 16.5. The van der Waals surface area contributed by atoms with E-state index in [2.05, 4.69) is 45.4 Å². The highest BCUT2D eigenvalue weighted by Gasteiger charge is 2.26. The minimum Gasteiger partial charge on any atom is -0.381 e. The average molecular weight is 560 g/mol. The summed E-state index contributed by atoms with van der Waals surface area (Å²) < 4.78 is 11.1. The molecule has 3 aliphatic heterocycles. The van der Waals surface area contributed by atoms with Gasteiger partial charge in [0.05, 0.1) is 24.8 Å². The Balaban J connectivity index is 1.41. The number of allylic oxidation sites excluding steroid dienone is 1. The van der Waals surface area contributed by atoms with Gasteiger partial charge in [-0.15, -0.1) is 0 Å². The van der Waals surface area contributed by atoms with Crippen LogP contribution in [0.5, 0.6) is 0 Å². The number of carbonyl (C=O) groups is 2. The molecule has 1 N–H and O–H groups in total. The minimum absolute atomic E-state index is 0.199. The number of carbonyl (C=O) groups excluding carboxylic acids is 2. The summed E-state index contributed by atoms with van der Waals surface area (Å²) >= 11 is 0. The normalized spacial score (nSPS) is 20.4. The number of benzene rings is 1. The first kappa shape index (κ1) is 29.1. The molecule has 5 rings (SSSR count). The van der Waals surface area contributed by atoms with Gasteiger partial charge in [0.1, 0.15) is 0 Å². The lowest BCUT2D eigenvalue weighted by atomic mass is 9.94. The number of rotatable bonds is 8. The summed E-state index contributed by atoms with van der Waals surface area (Å²) in [5, 5.41) is 3.02. The molecule has 1 aromatic heterocycles. The largest absolute Gasteiger partial charge is 0.381 e. The van der Waals surface area contributed by atoms with E-state index in [0.717, 1.165) is 92.5 Å². The van der Waals surface area contributed by atoms with Crippen LogP contribution in [-0.4, -0.2) is 86.6 Å². The molecule has 2 saturated heterocycles. The van der Waals surface area contributed by atoms with E-state index in [1.807, 2.05) is 39.1 Å². The molecular formula is C32H41N5O4. The Hall–Kier alpha value is -3.40. The molecule has 2 fully saturated rings. The lowest BCUT2D eigenvalue weighted by Gasteiger charge is -2.34. The van der Waals surface area contributed by atoms with E-state index in [0.29, 0.717) is 17.3 Å². The van der Waals surface area contributed by atoms with Crippen LogP contribution in [0.15, 0.2) is 47.1 Å². The smallest absolute Gasteiger partial charge is 0.254 e. The van der Waals surface area contributed by atoms with E-state index in [4.69, 9.17) is 14.5 Å². The Morgan fingerprint density at radius 3 is 2.46 bits per heavy atom. The summed E-state index contributed by atoms with van der Waals surface area (Å²) in [7, 11) is 2.10. The van der Waals surface area contributed by atoms with E-state index in [-0.39, 0.29) is 18.4 Å². The van der Waals surface area contributed by atoms with Gasteiger partial charge in [-0.3, -0.25) is 19.5 Å². The SMILES string of the molecule is CC1=CC(C)=NC(=O)C1CNC(=O)c1cc(-c2ccc(CN3CCOCC3)nc2)cc(N(C)C2CCOCC2)c1C. The Bertz CT molecular complexity index is 1320. The van der Waals surface area contributed by atoms with Crippen LogP contribution in [0.25, 0.3) is 11.1 Å². The van der Waals surface area contributed by atoms with Gasteiger partial charge in [-0.25, -0.2) is 4.99 Å². The summed E-state index contributed by atoms with van der Waals surface area (Å²) in [6.07, 6.45) is 5.68. The Morgan fingerprint density at radius 1 is 1.05 bits per heavy atom. The predicted molar refractivity (Wildman–Crippen MR) is 160 cm³/mol. The van der Waals surface area contributed by atoms with Crippen LogP contribution >= 0.6 is 0 Å². The number of hydrogen-bond acceptors (Lipinski definition) is 7. The van der Waals surface area contributed by atoms with Gasteiger partial charge in [0, 0.05) is 81.2 Å². The van der Waals surface area contributed by atoms with Crippen molar-refractivity contribution in [3.05, 3.63) is 58.9 Å². The fourth-order valence-corrected chi connectivity index (χ4v) is 5.86. The molecule has 2 aromatic rings. The molecule has 4 heterocycles. The van der Waals surface area contributed by atoms with Crippen molar-refractivity contribution in [2.45, 2.75) is 46.2 Å². The van der Waals surface area contributed by atoms with Crippen LogP contribution in [-0.2, 0) is 20.8 Å². The molecular weight excluding hydrogens is 518 g/mol. The van der Waals surface area contributed by atoms with Gasteiger partial charge < -0.3 is 19.7 Å². The molecule has 1 aromatic carbocycles. The highest BCUT2D eigenvalue weighted by Crippen LogP contribution is 2.33. The first-order valence-corrected chi connectivity index (χ1v) is 14.6. The second-order valence-corrected chi connectivity index (χ2v) is 11.3. The number of morpholine rings is 1. The Kier molecular flexibility index (Phi) is 9.27. The van der Waals surface area contributed by atoms with Gasteiger partial charge >= 0.3 is 0 Å². The molecule has 3 aliphatic rings. The van der Waals surface area contributed by atoms with E-state index in [9.17, 15) is 9.59 Å². The van der Waals surface area contributed by atoms with Gasteiger partial charge in [0.25, 0.3) is 11.8 Å². The number of amides is 2. The quantitative estimate of drug-likeness (QED) is 0.526. The van der Waals surface area contributed by atoms with Crippen LogP contribution < -0.4 is 10.2 Å². The van der Waals surface area contributed by atoms with Crippen molar-refractivity contribution in [3.63, 3.8) is 0 Å². The number of nitrogens with one attached hydrogen (secondary N) is 1. The van der Waals surface area contributed by atoms with Crippen molar-refractivity contribution in [1.82, 2.24) is 15.2 Å². The molecule has 0 aliphatic carbocycles. The van der Waals surface area contributed by atoms with Gasteiger partial charge in [0.15, 0.2) is 0 Å². The molecule has 1 atom stereocenters. The molecule has 1 unspecified atom stereocenters. The lowest BCUT2D eigenvalue weighted by molar-refractivity contribution is -0.120. The zero-order valence-corrected chi connectivity index (χ0v) is 24.6. The third-order valence-corrected chi connectivity index (χ3v) is 8.43. The van der Waals surface area contributed by atoms with Crippen molar-refractivity contribution >= 4 is 23.2 Å². The third-order valence-electron chi connectivity index (χ3n) is 8.43. The number of aliphatic imine (C=N–C) groups is 1. The number of ether oxygens (including phenoxy) is 2. The van der Waals surface area contributed by atoms with Gasteiger partial charge in [-0.2, -0.15) is 0 Å². The maximum Gasteiger partial charge on any atom is 0.254 e. The van der Waals surface area contributed by atoms with Crippen molar-refractivity contribution < 1.29 is 19.1 Å². The van der Waals surface area contributed by atoms with Crippen LogP contribution in [0.2, 0.25) is 0 Å². The number of dihydropyridines is 1. The van der Waals surface area contributed by atoms with Gasteiger partial charge in [0.2, 0.25) is 0 Å². The molecule has 9 heteroatoms. The summed E-state index contributed by atoms with van der Waals surface area (Å²) in [6.45, 7) is 11.5. The van der Waals surface area contributed by atoms with Crippen LogP contribution in [0.3, 0.4) is 0 Å². The fraction of sp³-hybridized carbons (Fsp3) is 0.500. The second kappa shape index (κ2) is 13.1. The van der Waals surface area contributed by atoms with E-state index in [1.54, 1.807) is 0 Å².